The molecule has 2 saturated heterocycles. The number of ether oxygens (including phenoxy) is 1. The van der Waals surface area contributed by atoms with Crippen LogP contribution in [-0.2, 0) is 9.53 Å². The van der Waals surface area contributed by atoms with E-state index in [2.05, 4.69) is 16.8 Å². The average molecular weight is 298 g/mol. The highest BCUT2D eigenvalue weighted by Crippen LogP contribution is 2.14. The number of hydrogen-bond acceptors (Lipinski definition) is 5. The van der Waals surface area contributed by atoms with Gasteiger partial charge in [-0.25, -0.2) is 0 Å². The average Bonchev–Trinajstić information content (AvgIpc) is 2.50. The maximum absolute atomic E-state index is 12.3. The van der Waals surface area contributed by atoms with Crippen molar-refractivity contribution in [2.24, 2.45) is 5.73 Å². The van der Waals surface area contributed by atoms with Crippen LogP contribution in [0.2, 0.25) is 0 Å². The fourth-order valence-corrected chi connectivity index (χ4v) is 2.91. The number of likely N-dealkylation sites (tertiary alicyclic amines) is 1. The van der Waals surface area contributed by atoms with E-state index in [9.17, 15) is 4.79 Å². The first-order valence-corrected chi connectivity index (χ1v) is 8.19. The molecule has 0 saturated carbocycles. The third-order valence-electron chi connectivity index (χ3n) is 4.45. The quantitative estimate of drug-likeness (QED) is 0.676. The molecule has 2 fully saturated rings. The largest absolute Gasteiger partial charge is 0.378 e. The molecule has 2 N–H and O–H groups in total. The highest BCUT2D eigenvalue weighted by atomic mass is 16.5. The molecular formula is C15H30N4O2. The first kappa shape index (κ1) is 16.7. The number of hydrogen-bond donors (Lipinski definition) is 1. The summed E-state index contributed by atoms with van der Waals surface area (Å²) in [6.07, 6.45) is 3.34. The lowest BCUT2D eigenvalue weighted by atomic mass is 10.1. The van der Waals surface area contributed by atoms with Crippen LogP contribution >= 0.6 is 0 Å². The third kappa shape index (κ3) is 5.54. The van der Waals surface area contributed by atoms with E-state index < -0.39 is 0 Å². The summed E-state index contributed by atoms with van der Waals surface area (Å²) in [5.41, 5.74) is 5.47. The van der Waals surface area contributed by atoms with Crippen molar-refractivity contribution in [2.45, 2.75) is 25.4 Å². The fourth-order valence-electron chi connectivity index (χ4n) is 2.91. The van der Waals surface area contributed by atoms with Crippen LogP contribution in [0.4, 0.5) is 0 Å². The molecule has 0 aromatic rings. The van der Waals surface area contributed by atoms with Crippen LogP contribution in [0.3, 0.4) is 0 Å². The molecule has 0 aromatic heterocycles. The second-order valence-electron chi connectivity index (χ2n) is 6.17. The van der Waals surface area contributed by atoms with Crippen molar-refractivity contribution in [1.82, 2.24) is 14.7 Å². The molecule has 0 atom stereocenters. The number of piperidine rings is 1. The second-order valence-corrected chi connectivity index (χ2v) is 6.17. The van der Waals surface area contributed by atoms with Crippen molar-refractivity contribution < 1.29 is 9.53 Å². The molecule has 0 radical (unpaired) electrons. The number of carbonyl (C=O) groups excluding carboxylic acids is 1. The minimum absolute atomic E-state index is 0.283. The van der Waals surface area contributed by atoms with Crippen LogP contribution in [0.15, 0.2) is 0 Å². The predicted molar refractivity (Wildman–Crippen MR) is 83.2 cm³/mol. The smallest absolute Gasteiger partial charge is 0.236 e. The van der Waals surface area contributed by atoms with Gasteiger partial charge in [-0.1, -0.05) is 0 Å². The van der Waals surface area contributed by atoms with Crippen LogP contribution in [0.1, 0.15) is 19.3 Å². The maximum Gasteiger partial charge on any atom is 0.236 e. The van der Waals surface area contributed by atoms with Gasteiger partial charge in [0, 0.05) is 45.9 Å². The SMILES string of the molecule is CN1CCN(C(=O)CN2CCC(OCCCN)CC2)CC1. The van der Waals surface area contributed by atoms with E-state index in [4.69, 9.17) is 10.5 Å². The Morgan fingerprint density at radius 1 is 1.14 bits per heavy atom. The number of carbonyl (C=O) groups is 1. The van der Waals surface area contributed by atoms with Crippen molar-refractivity contribution in [1.29, 1.82) is 0 Å². The van der Waals surface area contributed by atoms with Crippen molar-refractivity contribution in [2.75, 3.05) is 66.0 Å². The second kappa shape index (κ2) is 8.68. The summed E-state index contributed by atoms with van der Waals surface area (Å²) in [7, 11) is 2.11. The van der Waals surface area contributed by atoms with Gasteiger partial charge in [-0.05, 0) is 32.9 Å². The van der Waals surface area contributed by atoms with Gasteiger partial charge < -0.3 is 20.3 Å². The summed E-state index contributed by atoms with van der Waals surface area (Å²) in [6.45, 7) is 7.67. The molecule has 1 amide bonds. The number of nitrogens with two attached hydrogens (primary N) is 1. The monoisotopic (exact) mass is 298 g/mol. The van der Waals surface area contributed by atoms with E-state index >= 15 is 0 Å². The van der Waals surface area contributed by atoms with E-state index in [-0.39, 0.29) is 5.91 Å². The third-order valence-corrected chi connectivity index (χ3v) is 4.45. The summed E-state index contributed by atoms with van der Waals surface area (Å²) in [5.74, 6) is 0.283. The Balaban J connectivity index is 1.62. The van der Waals surface area contributed by atoms with Gasteiger partial charge in [0.05, 0.1) is 12.6 Å². The molecule has 2 aliphatic rings. The topological polar surface area (TPSA) is 62.0 Å². The molecule has 122 valence electrons. The molecule has 6 nitrogen and oxygen atoms in total. The number of amides is 1. The Bertz CT molecular complexity index is 311. The molecule has 0 bridgehead atoms. The normalized spacial score (nSPS) is 22.7. The summed E-state index contributed by atoms with van der Waals surface area (Å²) in [6, 6.07) is 0. The highest BCUT2D eigenvalue weighted by Gasteiger charge is 2.24. The zero-order chi connectivity index (χ0) is 15.1. The molecule has 0 aliphatic carbocycles. The zero-order valence-corrected chi connectivity index (χ0v) is 13.3. The lowest BCUT2D eigenvalue weighted by Gasteiger charge is -2.36. The van der Waals surface area contributed by atoms with E-state index in [1.54, 1.807) is 0 Å². The Hall–Kier alpha value is -0.690. The van der Waals surface area contributed by atoms with Gasteiger partial charge in [0.2, 0.25) is 5.91 Å². The molecule has 2 heterocycles. The number of rotatable bonds is 6. The number of nitrogens with zero attached hydrogens (tertiary/aromatic N) is 3. The van der Waals surface area contributed by atoms with Gasteiger partial charge in [0.15, 0.2) is 0 Å². The van der Waals surface area contributed by atoms with Crippen LogP contribution in [0, 0.1) is 0 Å². The van der Waals surface area contributed by atoms with Crippen molar-refractivity contribution >= 4 is 5.91 Å². The van der Waals surface area contributed by atoms with E-state index in [0.717, 1.165) is 65.1 Å². The summed E-state index contributed by atoms with van der Waals surface area (Å²) in [5, 5.41) is 0. The molecule has 0 aromatic carbocycles. The number of likely N-dealkylation sites (N-methyl/N-ethyl adjacent to an activating group) is 1. The van der Waals surface area contributed by atoms with E-state index in [1.807, 2.05) is 4.90 Å². The van der Waals surface area contributed by atoms with Crippen LogP contribution in [-0.4, -0.2) is 92.7 Å². The van der Waals surface area contributed by atoms with Crippen molar-refractivity contribution in [3.05, 3.63) is 0 Å². The summed E-state index contributed by atoms with van der Waals surface area (Å²) >= 11 is 0. The molecule has 21 heavy (non-hydrogen) atoms. The Labute approximate surface area is 128 Å². The Morgan fingerprint density at radius 3 is 2.43 bits per heavy atom. The minimum atomic E-state index is 0.283. The van der Waals surface area contributed by atoms with Crippen LogP contribution in [0.5, 0.6) is 0 Å². The molecule has 0 unspecified atom stereocenters. The van der Waals surface area contributed by atoms with Gasteiger partial charge in [-0.2, -0.15) is 0 Å². The Morgan fingerprint density at radius 2 is 1.81 bits per heavy atom. The first-order valence-electron chi connectivity index (χ1n) is 8.19. The van der Waals surface area contributed by atoms with Crippen molar-refractivity contribution in [3.8, 4) is 0 Å². The van der Waals surface area contributed by atoms with Crippen LogP contribution < -0.4 is 5.73 Å². The number of piperazine rings is 1. The van der Waals surface area contributed by atoms with E-state index in [1.165, 1.54) is 0 Å². The lowest BCUT2D eigenvalue weighted by molar-refractivity contribution is -0.134. The van der Waals surface area contributed by atoms with Gasteiger partial charge >= 0.3 is 0 Å². The van der Waals surface area contributed by atoms with Crippen LogP contribution in [0.25, 0.3) is 0 Å². The van der Waals surface area contributed by atoms with Gasteiger partial charge in [0.25, 0.3) is 0 Å². The molecule has 2 rings (SSSR count). The van der Waals surface area contributed by atoms with Crippen molar-refractivity contribution in [3.63, 3.8) is 0 Å². The molecule has 6 heteroatoms. The first-order chi connectivity index (χ1) is 10.2. The fraction of sp³-hybridized carbons (Fsp3) is 0.933. The maximum atomic E-state index is 12.3. The summed E-state index contributed by atoms with van der Waals surface area (Å²) < 4.78 is 5.80. The standard InChI is InChI=1S/C15H30N4O2/c1-17-8-10-19(11-9-17)15(20)13-18-6-3-14(4-7-18)21-12-2-5-16/h14H,2-13,16H2,1H3. The Kier molecular flexibility index (Phi) is 6.89. The zero-order valence-electron chi connectivity index (χ0n) is 13.3. The molecule has 2 aliphatic heterocycles. The van der Waals surface area contributed by atoms with Gasteiger partial charge in [0.1, 0.15) is 0 Å². The lowest BCUT2D eigenvalue weighted by Crippen LogP contribution is -2.51. The van der Waals surface area contributed by atoms with Gasteiger partial charge in [-0.15, -0.1) is 0 Å². The predicted octanol–water partition coefficient (Wildman–Crippen LogP) is -0.410. The molecular weight excluding hydrogens is 268 g/mol. The van der Waals surface area contributed by atoms with Gasteiger partial charge in [-0.3, -0.25) is 9.69 Å². The molecule has 0 spiro atoms. The summed E-state index contributed by atoms with van der Waals surface area (Å²) in [4.78, 5) is 18.8. The van der Waals surface area contributed by atoms with E-state index in [0.29, 0.717) is 19.2 Å². The highest BCUT2D eigenvalue weighted by molar-refractivity contribution is 5.78. The minimum Gasteiger partial charge on any atom is -0.378 e.